The van der Waals surface area contributed by atoms with Crippen LogP contribution in [0.15, 0.2) is 41.9 Å². The standard InChI is InChI=1S/C14H13N3O2S/c1-16(9-10-5-3-2-4-6-10)12-11(13(18)19)17-7-8-20-14(17)15-12/h2-8H,9H2,1H3,(H,18,19). The number of aromatic carboxylic acids is 1. The van der Waals surface area contributed by atoms with Gasteiger partial charge < -0.3 is 10.0 Å². The number of benzene rings is 1. The van der Waals surface area contributed by atoms with E-state index in [9.17, 15) is 9.90 Å². The summed E-state index contributed by atoms with van der Waals surface area (Å²) >= 11 is 1.43. The van der Waals surface area contributed by atoms with Crippen molar-refractivity contribution < 1.29 is 9.90 Å². The molecule has 0 radical (unpaired) electrons. The Labute approximate surface area is 119 Å². The van der Waals surface area contributed by atoms with Crippen LogP contribution in [0.1, 0.15) is 16.1 Å². The van der Waals surface area contributed by atoms with Crippen LogP contribution in [0, 0.1) is 0 Å². The third kappa shape index (κ3) is 2.14. The van der Waals surface area contributed by atoms with Gasteiger partial charge in [0.1, 0.15) is 0 Å². The number of carboxylic acid groups (broad SMARTS) is 1. The molecule has 0 saturated heterocycles. The van der Waals surface area contributed by atoms with E-state index in [0.717, 1.165) is 5.56 Å². The van der Waals surface area contributed by atoms with Crippen LogP contribution in [0.3, 0.4) is 0 Å². The fraction of sp³-hybridized carbons (Fsp3) is 0.143. The maximum Gasteiger partial charge on any atom is 0.356 e. The van der Waals surface area contributed by atoms with Crippen molar-refractivity contribution in [2.24, 2.45) is 0 Å². The Morgan fingerprint density at radius 1 is 1.40 bits per heavy atom. The molecule has 0 amide bonds. The Morgan fingerprint density at radius 2 is 2.15 bits per heavy atom. The average molecular weight is 287 g/mol. The van der Waals surface area contributed by atoms with Crippen molar-refractivity contribution >= 4 is 28.1 Å². The van der Waals surface area contributed by atoms with Crippen LogP contribution in [-0.2, 0) is 6.54 Å². The van der Waals surface area contributed by atoms with Crippen molar-refractivity contribution in [2.75, 3.05) is 11.9 Å². The quantitative estimate of drug-likeness (QED) is 0.801. The highest BCUT2D eigenvalue weighted by atomic mass is 32.1. The van der Waals surface area contributed by atoms with E-state index in [2.05, 4.69) is 4.98 Å². The number of carboxylic acids is 1. The number of anilines is 1. The Kier molecular flexibility index (Phi) is 3.15. The molecule has 0 spiro atoms. The molecular weight excluding hydrogens is 274 g/mol. The van der Waals surface area contributed by atoms with E-state index in [1.807, 2.05) is 47.7 Å². The van der Waals surface area contributed by atoms with Crippen LogP contribution in [-0.4, -0.2) is 27.5 Å². The maximum atomic E-state index is 11.5. The first-order valence-corrected chi connectivity index (χ1v) is 6.98. The van der Waals surface area contributed by atoms with Crippen LogP contribution < -0.4 is 4.90 Å². The van der Waals surface area contributed by atoms with Crippen LogP contribution in [0.5, 0.6) is 0 Å². The van der Waals surface area contributed by atoms with Gasteiger partial charge in [-0.15, -0.1) is 11.3 Å². The molecule has 20 heavy (non-hydrogen) atoms. The Bertz CT molecular complexity index is 748. The Hall–Kier alpha value is -2.34. The number of hydrogen-bond donors (Lipinski definition) is 1. The van der Waals surface area contributed by atoms with E-state index < -0.39 is 5.97 Å². The van der Waals surface area contributed by atoms with Gasteiger partial charge in [-0.2, -0.15) is 0 Å². The predicted molar refractivity (Wildman–Crippen MR) is 78.6 cm³/mol. The third-order valence-electron chi connectivity index (χ3n) is 3.07. The Balaban J connectivity index is 1.98. The number of aromatic nitrogens is 2. The Morgan fingerprint density at radius 3 is 2.85 bits per heavy atom. The van der Waals surface area contributed by atoms with Gasteiger partial charge in [0.2, 0.25) is 0 Å². The molecule has 3 rings (SSSR count). The van der Waals surface area contributed by atoms with Crippen molar-refractivity contribution in [3.8, 4) is 0 Å². The highest BCUT2D eigenvalue weighted by molar-refractivity contribution is 7.15. The number of hydrogen-bond acceptors (Lipinski definition) is 4. The molecule has 0 unspecified atom stereocenters. The van der Waals surface area contributed by atoms with Crippen molar-refractivity contribution in [1.82, 2.24) is 9.38 Å². The zero-order valence-electron chi connectivity index (χ0n) is 10.9. The lowest BCUT2D eigenvalue weighted by Gasteiger charge is -2.17. The van der Waals surface area contributed by atoms with E-state index in [4.69, 9.17) is 0 Å². The molecule has 1 N–H and O–H groups in total. The van der Waals surface area contributed by atoms with Gasteiger partial charge in [-0.25, -0.2) is 9.78 Å². The fourth-order valence-corrected chi connectivity index (χ4v) is 2.88. The van der Waals surface area contributed by atoms with Gasteiger partial charge in [0.05, 0.1) is 0 Å². The van der Waals surface area contributed by atoms with Gasteiger partial charge in [-0.05, 0) is 5.56 Å². The van der Waals surface area contributed by atoms with E-state index in [0.29, 0.717) is 17.3 Å². The minimum atomic E-state index is -0.967. The largest absolute Gasteiger partial charge is 0.476 e. The number of imidazole rings is 1. The molecule has 102 valence electrons. The molecule has 0 fully saturated rings. The summed E-state index contributed by atoms with van der Waals surface area (Å²) in [6, 6.07) is 9.91. The molecule has 1 aromatic carbocycles. The van der Waals surface area contributed by atoms with E-state index in [1.165, 1.54) is 11.3 Å². The van der Waals surface area contributed by atoms with Gasteiger partial charge in [-0.1, -0.05) is 30.3 Å². The van der Waals surface area contributed by atoms with Crippen LogP contribution in [0.4, 0.5) is 5.82 Å². The zero-order chi connectivity index (χ0) is 14.1. The number of rotatable bonds is 4. The van der Waals surface area contributed by atoms with Gasteiger partial charge in [-0.3, -0.25) is 4.40 Å². The summed E-state index contributed by atoms with van der Waals surface area (Å²) in [5.74, 6) is -0.473. The first-order chi connectivity index (χ1) is 9.66. The maximum absolute atomic E-state index is 11.5. The lowest BCUT2D eigenvalue weighted by atomic mass is 10.2. The molecule has 3 aromatic rings. The molecular formula is C14H13N3O2S. The molecule has 0 atom stereocenters. The SMILES string of the molecule is CN(Cc1ccccc1)c1nc2sccn2c1C(=O)O. The van der Waals surface area contributed by atoms with Crippen LogP contribution in [0.25, 0.3) is 4.96 Å². The summed E-state index contributed by atoms with van der Waals surface area (Å²) in [5.41, 5.74) is 1.32. The van der Waals surface area contributed by atoms with E-state index in [1.54, 1.807) is 10.6 Å². The van der Waals surface area contributed by atoms with Crippen LogP contribution in [0.2, 0.25) is 0 Å². The minimum absolute atomic E-state index is 0.208. The predicted octanol–water partition coefficient (Wildman–Crippen LogP) is 2.73. The third-order valence-corrected chi connectivity index (χ3v) is 3.83. The van der Waals surface area contributed by atoms with Gasteiger partial charge >= 0.3 is 5.97 Å². The van der Waals surface area contributed by atoms with Crippen molar-refractivity contribution in [2.45, 2.75) is 6.54 Å². The molecule has 6 heteroatoms. The normalized spacial score (nSPS) is 10.8. The molecule has 0 aliphatic heterocycles. The molecule has 0 aliphatic carbocycles. The van der Waals surface area contributed by atoms with Crippen molar-refractivity contribution in [3.63, 3.8) is 0 Å². The van der Waals surface area contributed by atoms with Crippen molar-refractivity contribution in [3.05, 3.63) is 53.2 Å². The molecule has 5 nitrogen and oxygen atoms in total. The highest BCUT2D eigenvalue weighted by Gasteiger charge is 2.22. The van der Waals surface area contributed by atoms with Gasteiger partial charge in [0, 0.05) is 25.2 Å². The summed E-state index contributed by atoms with van der Waals surface area (Å²) in [6.45, 7) is 0.617. The molecule has 2 heterocycles. The lowest BCUT2D eigenvalue weighted by Crippen LogP contribution is -2.20. The minimum Gasteiger partial charge on any atom is -0.476 e. The number of fused-ring (bicyclic) bond motifs is 1. The van der Waals surface area contributed by atoms with Gasteiger partial charge in [0.15, 0.2) is 16.5 Å². The summed E-state index contributed by atoms with van der Waals surface area (Å²) in [7, 11) is 1.85. The lowest BCUT2D eigenvalue weighted by molar-refractivity contribution is 0.0690. The first-order valence-electron chi connectivity index (χ1n) is 6.10. The average Bonchev–Trinajstić information content (AvgIpc) is 2.98. The number of thiazole rings is 1. The molecule has 0 aliphatic rings. The van der Waals surface area contributed by atoms with E-state index in [-0.39, 0.29) is 5.69 Å². The molecule has 2 aromatic heterocycles. The summed E-state index contributed by atoms with van der Waals surface area (Å²) in [4.78, 5) is 18.4. The molecule has 0 saturated carbocycles. The highest BCUT2D eigenvalue weighted by Crippen LogP contribution is 2.25. The smallest absolute Gasteiger partial charge is 0.356 e. The monoisotopic (exact) mass is 287 g/mol. The molecule has 0 bridgehead atoms. The summed E-state index contributed by atoms with van der Waals surface area (Å²) in [5, 5.41) is 11.2. The fourth-order valence-electron chi connectivity index (χ4n) is 2.17. The number of nitrogens with zero attached hydrogens (tertiary/aromatic N) is 3. The van der Waals surface area contributed by atoms with E-state index >= 15 is 0 Å². The second kappa shape index (κ2) is 4.97. The topological polar surface area (TPSA) is 57.8 Å². The summed E-state index contributed by atoms with van der Waals surface area (Å²) < 4.78 is 1.61. The van der Waals surface area contributed by atoms with Gasteiger partial charge in [0.25, 0.3) is 0 Å². The van der Waals surface area contributed by atoms with Crippen molar-refractivity contribution in [1.29, 1.82) is 0 Å². The second-order valence-electron chi connectivity index (χ2n) is 4.49. The summed E-state index contributed by atoms with van der Waals surface area (Å²) in [6.07, 6.45) is 1.73. The second-order valence-corrected chi connectivity index (χ2v) is 5.36. The zero-order valence-corrected chi connectivity index (χ0v) is 11.7. The number of carbonyl (C=O) groups is 1. The van der Waals surface area contributed by atoms with Crippen LogP contribution >= 0.6 is 11.3 Å². The first kappa shape index (κ1) is 12.7.